The van der Waals surface area contributed by atoms with Crippen LogP contribution in [0.15, 0.2) is 18.2 Å². The lowest BCUT2D eigenvalue weighted by molar-refractivity contribution is -0.114. The van der Waals surface area contributed by atoms with Gasteiger partial charge in [-0.05, 0) is 31.5 Å². The number of nitrogens with one attached hydrogen (secondary N) is 1. The molecule has 1 aliphatic heterocycles. The Morgan fingerprint density at radius 3 is 2.55 bits per heavy atom. The van der Waals surface area contributed by atoms with Crippen molar-refractivity contribution in [3.63, 3.8) is 0 Å². The van der Waals surface area contributed by atoms with Crippen molar-refractivity contribution in [2.45, 2.75) is 33.7 Å². The molecule has 1 aliphatic rings. The quantitative estimate of drug-likeness (QED) is 0.837. The number of ketones is 1. The molecular weight excluding hydrogens is 252 g/mol. The number of anilines is 1. The maximum absolute atomic E-state index is 12.1. The molecule has 0 aliphatic carbocycles. The van der Waals surface area contributed by atoms with Gasteiger partial charge in [0, 0.05) is 12.6 Å². The number of nitrogens with zero attached hydrogens (tertiary/aromatic N) is 1. The van der Waals surface area contributed by atoms with Gasteiger partial charge < -0.3 is 10.2 Å². The number of carbonyl (C=O) groups is 2. The molecule has 108 valence electrons. The zero-order valence-corrected chi connectivity index (χ0v) is 12.6. The van der Waals surface area contributed by atoms with Crippen LogP contribution in [0.1, 0.15) is 36.7 Å². The maximum Gasteiger partial charge on any atom is 0.299 e. The zero-order valence-electron chi connectivity index (χ0n) is 12.6. The molecule has 0 spiro atoms. The Kier molecular flexibility index (Phi) is 4.23. The van der Waals surface area contributed by atoms with Crippen LogP contribution in [-0.2, 0) is 4.79 Å². The number of carbonyl (C=O) groups excluding carboxylic acids is 2. The predicted octanol–water partition coefficient (Wildman–Crippen LogP) is 2.16. The van der Waals surface area contributed by atoms with Crippen LogP contribution in [0.4, 0.5) is 5.69 Å². The second-order valence-electron chi connectivity index (χ2n) is 5.93. The van der Waals surface area contributed by atoms with E-state index in [1.165, 1.54) is 0 Å². The van der Waals surface area contributed by atoms with Gasteiger partial charge in [0.05, 0.1) is 11.3 Å². The largest absolute Gasteiger partial charge is 0.314 e. The lowest BCUT2D eigenvalue weighted by atomic mass is 10.1. The normalized spacial score (nSPS) is 15.9. The number of hydrogen-bond donors (Lipinski definition) is 1. The summed E-state index contributed by atoms with van der Waals surface area (Å²) in [7, 11) is 0. The minimum atomic E-state index is -0.401. The summed E-state index contributed by atoms with van der Waals surface area (Å²) in [4.78, 5) is 25.7. The summed E-state index contributed by atoms with van der Waals surface area (Å²) in [5.41, 5.74) is 2.29. The second kappa shape index (κ2) is 5.75. The summed E-state index contributed by atoms with van der Waals surface area (Å²) in [6, 6.07) is 6.03. The van der Waals surface area contributed by atoms with Gasteiger partial charge in [-0.1, -0.05) is 32.4 Å². The first-order valence-electron chi connectivity index (χ1n) is 7.10. The lowest BCUT2D eigenvalue weighted by Crippen LogP contribution is -2.38. The van der Waals surface area contributed by atoms with Crippen LogP contribution in [0.5, 0.6) is 0 Å². The smallest absolute Gasteiger partial charge is 0.299 e. The van der Waals surface area contributed by atoms with Crippen molar-refractivity contribution in [1.29, 1.82) is 0 Å². The van der Waals surface area contributed by atoms with Gasteiger partial charge in [-0.25, -0.2) is 0 Å². The predicted molar refractivity (Wildman–Crippen MR) is 80.2 cm³/mol. The third kappa shape index (κ3) is 2.90. The van der Waals surface area contributed by atoms with E-state index in [1.54, 1.807) is 11.0 Å². The first kappa shape index (κ1) is 14.7. The van der Waals surface area contributed by atoms with E-state index in [0.717, 1.165) is 17.8 Å². The molecule has 4 heteroatoms. The van der Waals surface area contributed by atoms with Crippen LogP contribution >= 0.6 is 0 Å². The molecule has 0 fully saturated rings. The molecule has 0 aromatic heterocycles. The van der Waals surface area contributed by atoms with Crippen LogP contribution in [0.2, 0.25) is 0 Å². The Bertz CT molecular complexity index is 537. The Hall–Kier alpha value is -1.68. The highest BCUT2D eigenvalue weighted by Crippen LogP contribution is 2.30. The summed E-state index contributed by atoms with van der Waals surface area (Å²) in [6.07, 6.45) is 0. The van der Waals surface area contributed by atoms with E-state index >= 15 is 0 Å². The van der Waals surface area contributed by atoms with Gasteiger partial charge in [0.1, 0.15) is 0 Å². The molecule has 1 unspecified atom stereocenters. The van der Waals surface area contributed by atoms with E-state index in [2.05, 4.69) is 26.1 Å². The Morgan fingerprint density at radius 2 is 1.90 bits per heavy atom. The van der Waals surface area contributed by atoms with Gasteiger partial charge in [-0.3, -0.25) is 9.59 Å². The highest BCUT2D eigenvalue weighted by atomic mass is 16.2. The first-order valence-corrected chi connectivity index (χ1v) is 7.10. The number of rotatable bonds is 5. The Balaban J connectivity index is 2.14. The number of hydrogen-bond acceptors (Lipinski definition) is 3. The standard InChI is InChI=1S/C16H22N2O2/c1-10(2)17-8-12(4)9-18-14-6-5-11(3)7-13(14)15(19)16(18)20/h5-7,10,12,17H,8-9H2,1-4H3. The first-order chi connectivity index (χ1) is 9.40. The molecule has 20 heavy (non-hydrogen) atoms. The van der Waals surface area contributed by atoms with E-state index in [-0.39, 0.29) is 5.78 Å². The summed E-state index contributed by atoms with van der Waals surface area (Å²) in [5, 5.41) is 3.36. The minimum absolute atomic E-state index is 0.293. The van der Waals surface area contributed by atoms with Crippen molar-refractivity contribution in [2.24, 2.45) is 5.92 Å². The molecule has 1 aromatic rings. The molecule has 0 radical (unpaired) electrons. The van der Waals surface area contributed by atoms with Gasteiger partial charge in [0.2, 0.25) is 0 Å². The topological polar surface area (TPSA) is 49.4 Å². The van der Waals surface area contributed by atoms with Gasteiger partial charge >= 0.3 is 0 Å². The highest BCUT2D eigenvalue weighted by Gasteiger charge is 2.36. The third-order valence-corrected chi connectivity index (χ3v) is 3.50. The van der Waals surface area contributed by atoms with Crippen molar-refractivity contribution < 1.29 is 9.59 Å². The highest BCUT2D eigenvalue weighted by molar-refractivity contribution is 6.52. The number of amides is 1. The summed E-state index contributed by atoms with van der Waals surface area (Å²) < 4.78 is 0. The third-order valence-electron chi connectivity index (χ3n) is 3.50. The Labute approximate surface area is 120 Å². The molecule has 1 amide bonds. The van der Waals surface area contributed by atoms with Crippen molar-refractivity contribution in [3.05, 3.63) is 29.3 Å². The molecule has 0 bridgehead atoms. The van der Waals surface area contributed by atoms with Crippen LogP contribution < -0.4 is 10.2 Å². The van der Waals surface area contributed by atoms with Gasteiger partial charge in [-0.2, -0.15) is 0 Å². The van der Waals surface area contributed by atoms with Crippen LogP contribution in [0.3, 0.4) is 0 Å². The second-order valence-corrected chi connectivity index (χ2v) is 5.93. The van der Waals surface area contributed by atoms with E-state index in [4.69, 9.17) is 0 Å². The zero-order chi connectivity index (χ0) is 14.9. The van der Waals surface area contributed by atoms with Crippen molar-refractivity contribution in [1.82, 2.24) is 5.32 Å². The molecule has 0 saturated heterocycles. The van der Waals surface area contributed by atoms with Gasteiger partial charge in [0.15, 0.2) is 0 Å². The molecule has 1 aromatic carbocycles. The van der Waals surface area contributed by atoms with Crippen LogP contribution in [0, 0.1) is 12.8 Å². The van der Waals surface area contributed by atoms with Crippen LogP contribution in [0.25, 0.3) is 0 Å². The van der Waals surface area contributed by atoms with Crippen molar-refractivity contribution in [2.75, 3.05) is 18.0 Å². The molecule has 4 nitrogen and oxygen atoms in total. The fraction of sp³-hybridized carbons (Fsp3) is 0.500. The van der Waals surface area contributed by atoms with E-state index in [1.807, 2.05) is 19.1 Å². The Morgan fingerprint density at radius 1 is 1.20 bits per heavy atom. The number of fused-ring (bicyclic) bond motifs is 1. The molecule has 2 rings (SSSR count). The molecule has 1 atom stereocenters. The average molecular weight is 274 g/mol. The van der Waals surface area contributed by atoms with Crippen LogP contribution in [-0.4, -0.2) is 30.8 Å². The van der Waals surface area contributed by atoms with E-state index < -0.39 is 5.91 Å². The maximum atomic E-state index is 12.1. The summed E-state index contributed by atoms with van der Waals surface area (Å²) >= 11 is 0. The van der Waals surface area contributed by atoms with Crippen molar-refractivity contribution >= 4 is 17.4 Å². The van der Waals surface area contributed by atoms with Gasteiger partial charge in [0.25, 0.3) is 11.7 Å². The lowest BCUT2D eigenvalue weighted by Gasteiger charge is -2.22. The van der Waals surface area contributed by atoms with E-state index in [0.29, 0.717) is 24.1 Å². The summed E-state index contributed by atoms with van der Waals surface area (Å²) in [5.74, 6) is -0.490. The monoisotopic (exact) mass is 274 g/mol. The number of Topliss-reactive ketones (excluding diaryl/α,β-unsaturated/α-hetero) is 1. The number of aryl methyl sites for hydroxylation is 1. The minimum Gasteiger partial charge on any atom is -0.314 e. The average Bonchev–Trinajstić information content (AvgIpc) is 2.61. The molecule has 0 saturated carbocycles. The van der Waals surface area contributed by atoms with Gasteiger partial charge in [-0.15, -0.1) is 0 Å². The fourth-order valence-corrected chi connectivity index (χ4v) is 2.41. The molecule has 1 N–H and O–H groups in total. The fourth-order valence-electron chi connectivity index (χ4n) is 2.41. The van der Waals surface area contributed by atoms with Crippen molar-refractivity contribution in [3.8, 4) is 0 Å². The molecular formula is C16H22N2O2. The molecule has 1 heterocycles. The van der Waals surface area contributed by atoms with E-state index in [9.17, 15) is 9.59 Å². The number of benzene rings is 1. The SMILES string of the molecule is Cc1ccc2c(c1)C(=O)C(=O)N2CC(C)CNC(C)C. The summed E-state index contributed by atoms with van der Waals surface area (Å²) in [6.45, 7) is 9.59.